The van der Waals surface area contributed by atoms with Crippen molar-refractivity contribution in [3.8, 4) is 0 Å². The molecule has 1 aromatic rings. The molecule has 1 saturated heterocycles. The second-order valence-electron chi connectivity index (χ2n) is 3.76. The molecule has 15 heavy (non-hydrogen) atoms. The third-order valence-electron chi connectivity index (χ3n) is 2.60. The molecule has 1 aromatic carbocycles. The fourth-order valence-electron chi connectivity index (χ4n) is 1.72. The highest BCUT2D eigenvalue weighted by molar-refractivity contribution is 6.31. The van der Waals surface area contributed by atoms with Crippen LogP contribution in [0.15, 0.2) is 18.2 Å². The van der Waals surface area contributed by atoms with Crippen molar-refractivity contribution in [2.45, 2.75) is 18.9 Å². The minimum absolute atomic E-state index is 0.444. The number of halogens is 1. The number of rotatable bonds is 2. The summed E-state index contributed by atoms with van der Waals surface area (Å²) >= 11 is 5.91. The molecule has 1 aliphatic heterocycles. The average Bonchev–Trinajstić information content (AvgIpc) is 2.25. The maximum absolute atomic E-state index is 5.91. The summed E-state index contributed by atoms with van der Waals surface area (Å²) in [5.41, 5.74) is 7.52. The lowest BCUT2D eigenvalue weighted by Crippen LogP contribution is -2.28. The molecule has 0 saturated carbocycles. The number of anilines is 2. The van der Waals surface area contributed by atoms with Gasteiger partial charge < -0.3 is 15.8 Å². The molecule has 2 rings (SSSR count). The number of benzene rings is 1. The first kappa shape index (κ1) is 10.6. The first-order valence-electron chi connectivity index (χ1n) is 5.15. The molecule has 0 bridgehead atoms. The molecule has 0 radical (unpaired) electrons. The van der Waals surface area contributed by atoms with E-state index < -0.39 is 0 Å². The number of nitrogens with two attached hydrogens (primary N) is 1. The second-order valence-corrected chi connectivity index (χ2v) is 4.20. The molecule has 0 spiro atoms. The third kappa shape index (κ3) is 2.76. The molecular formula is C11H15ClN2O. The summed E-state index contributed by atoms with van der Waals surface area (Å²) in [6, 6.07) is 5.93. The smallest absolute Gasteiger partial charge is 0.0591 e. The molecule has 1 fully saturated rings. The monoisotopic (exact) mass is 226 g/mol. The number of nitrogen functional groups attached to an aromatic ring is 1. The van der Waals surface area contributed by atoms with Crippen molar-refractivity contribution in [3.63, 3.8) is 0 Å². The van der Waals surface area contributed by atoms with Crippen molar-refractivity contribution < 1.29 is 4.74 Å². The number of ether oxygens (including phenoxy) is 1. The Kier molecular flexibility index (Phi) is 3.34. The quantitative estimate of drug-likeness (QED) is 0.762. The Labute approximate surface area is 94.6 Å². The normalized spacial score (nSPS) is 17.7. The minimum atomic E-state index is 0.444. The van der Waals surface area contributed by atoms with Crippen molar-refractivity contribution in [1.82, 2.24) is 0 Å². The Hall–Kier alpha value is -0.930. The molecule has 0 aromatic heterocycles. The van der Waals surface area contributed by atoms with E-state index >= 15 is 0 Å². The summed E-state index contributed by atoms with van der Waals surface area (Å²) in [6.45, 7) is 1.64. The van der Waals surface area contributed by atoms with Gasteiger partial charge in [-0.05, 0) is 31.0 Å². The standard InChI is InChI=1S/C11H15ClN2O/c12-8-1-2-10(13)11(7-8)14-9-3-5-15-6-4-9/h1-2,7,9,14H,3-6,13H2. The van der Waals surface area contributed by atoms with Gasteiger partial charge >= 0.3 is 0 Å². The van der Waals surface area contributed by atoms with Crippen LogP contribution < -0.4 is 11.1 Å². The zero-order chi connectivity index (χ0) is 10.7. The lowest BCUT2D eigenvalue weighted by atomic mass is 10.1. The first-order chi connectivity index (χ1) is 7.25. The van der Waals surface area contributed by atoms with Crippen LogP contribution in [0.2, 0.25) is 5.02 Å². The van der Waals surface area contributed by atoms with Crippen LogP contribution in [0, 0.1) is 0 Å². The summed E-state index contributed by atoms with van der Waals surface area (Å²) in [4.78, 5) is 0. The van der Waals surface area contributed by atoms with Gasteiger partial charge in [0.05, 0.1) is 11.4 Å². The molecule has 0 amide bonds. The van der Waals surface area contributed by atoms with Gasteiger partial charge in [0.2, 0.25) is 0 Å². The van der Waals surface area contributed by atoms with Crippen LogP contribution in [0.5, 0.6) is 0 Å². The van der Waals surface area contributed by atoms with Crippen molar-refractivity contribution in [3.05, 3.63) is 23.2 Å². The van der Waals surface area contributed by atoms with Crippen LogP contribution in [-0.2, 0) is 4.74 Å². The maximum atomic E-state index is 5.91. The molecule has 0 aliphatic carbocycles. The van der Waals surface area contributed by atoms with Gasteiger partial charge in [-0.25, -0.2) is 0 Å². The van der Waals surface area contributed by atoms with Crippen LogP contribution in [0.1, 0.15) is 12.8 Å². The summed E-state index contributed by atoms with van der Waals surface area (Å²) < 4.78 is 5.29. The molecular weight excluding hydrogens is 212 g/mol. The van der Waals surface area contributed by atoms with Gasteiger partial charge in [0.15, 0.2) is 0 Å². The number of nitrogens with one attached hydrogen (secondary N) is 1. The van der Waals surface area contributed by atoms with E-state index in [9.17, 15) is 0 Å². The van der Waals surface area contributed by atoms with Crippen LogP contribution >= 0.6 is 11.6 Å². The SMILES string of the molecule is Nc1ccc(Cl)cc1NC1CCOCC1. The topological polar surface area (TPSA) is 47.3 Å². The van der Waals surface area contributed by atoms with E-state index in [1.54, 1.807) is 6.07 Å². The predicted octanol–water partition coefficient (Wildman–Crippen LogP) is 2.51. The molecule has 3 N–H and O–H groups in total. The highest BCUT2D eigenvalue weighted by atomic mass is 35.5. The van der Waals surface area contributed by atoms with E-state index in [-0.39, 0.29) is 0 Å². The zero-order valence-electron chi connectivity index (χ0n) is 8.50. The summed E-state index contributed by atoms with van der Waals surface area (Å²) in [5.74, 6) is 0. The summed E-state index contributed by atoms with van der Waals surface area (Å²) in [5, 5.41) is 4.11. The van der Waals surface area contributed by atoms with Crippen LogP contribution in [0.3, 0.4) is 0 Å². The summed E-state index contributed by atoms with van der Waals surface area (Å²) in [6.07, 6.45) is 2.04. The van der Waals surface area contributed by atoms with E-state index in [0.717, 1.165) is 37.4 Å². The molecule has 3 nitrogen and oxygen atoms in total. The van der Waals surface area contributed by atoms with Crippen molar-refractivity contribution >= 4 is 23.0 Å². The maximum Gasteiger partial charge on any atom is 0.0591 e. The van der Waals surface area contributed by atoms with Gasteiger partial charge in [-0.2, -0.15) is 0 Å². The fraction of sp³-hybridized carbons (Fsp3) is 0.455. The largest absolute Gasteiger partial charge is 0.397 e. The van der Waals surface area contributed by atoms with Crippen molar-refractivity contribution in [2.75, 3.05) is 24.3 Å². The van der Waals surface area contributed by atoms with Gasteiger partial charge in [-0.1, -0.05) is 11.6 Å². The summed E-state index contributed by atoms with van der Waals surface area (Å²) in [7, 11) is 0. The van der Waals surface area contributed by atoms with E-state index in [1.165, 1.54) is 0 Å². The molecule has 0 atom stereocenters. The van der Waals surface area contributed by atoms with Crippen molar-refractivity contribution in [1.29, 1.82) is 0 Å². The number of hydrogen-bond donors (Lipinski definition) is 2. The fourth-order valence-corrected chi connectivity index (χ4v) is 1.89. The minimum Gasteiger partial charge on any atom is -0.397 e. The van der Waals surface area contributed by atoms with Crippen LogP contribution in [0.25, 0.3) is 0 Å². The Morgan fingerprint density at radius 1 is 1.33 bits per heavy atom. The van der Waals surface area contributed by atoms with E-state index in [4.69, 9.17) is 22.1 Å². The molecule has 4 heteroatoms. The first-order valence-corrected chi connectivity index (χ1v) is 5.53. The number of hydrogen-bond acceptors (Lipinski definition) is 3. The van der Waals surface area contributed by atoms with Gasteiger partial charge in [0, 0.05) is 24.3 Å². The Morgan fingerprint density at radius 2 is 2.07 bits per heavy atom. The van der Waals surface area contributed by atoms with Crippen LogP contribution in [0.4, 0.5) is 11.4 Å². The highest BCUT2D eigenvalue weighted by Crippen LogP contribution is 2.25. The molecule has 0 unspecified atom stereocenters. The Morgan fingerprint density at radius 3 is 2.80 bits per heavy atom. The average molecular weight is 227 g/mol. The Balaban J connectivity index is 2.05. The van der Waals surface area contributed by atoms with Gasteiger partial charge in [-0.3, -0.25) is 0 Å². The van der Waals surface area contributed by atoms with Gasteiger partial charge in [0.1, 0.15) is 0 Å². The molecule has 82 valence electrons. The van der Waals surface area contributed by atoms with Crippen LogP contribution in [-0.4, -0.2) is 19.3 Å². The highest BCUT2D eigenvalue weighted by Gasteiger charge is 2.14. The lowest BCUT2D eigenvalue weighted by molar-refractivity contribution is 0.0904. The zero-order valence-corrected chi connectivity index (χ0v) is 9.26. The van der Waals surface area contributed by atoms with Gasteiger partial charge in [0.25, 0.3) is 0 Å². The molecule has 1 aliphatic rings. The molecule has 1 heterocycles. The third-order valence-corrected chi connectivity index (χ3v) is 2.83. The Bertz CT molecular complexity index is 337. The van der Waals surface area contributed by atoms with Crippen molar-refractivity contribution in [2.24, 2.45) is 0 Å². The predicted molar refractivity (Wildman–Crippen MR) is 63.3 cm³/mol. The van der Waals surface area contributed by atoms with E-state index in [1.807, 2.05) is 12.1 Å². The van der Waals surface area contributed by atoms with Gasteiger partial charge in [-0.15, -0.1) is 0 Å². The van der Waals surface area contributed by atoms with E-state index in [2.05, 4.69) is 5.32 Å². The lowest BCUT2D eigenvalue weighted by Gasteiger charge is -2.24. The second kappa shape index (κ2) is 4.73. The van der Waals surface area contributed by atoms with E-state index in [0.29, 0.717) is 11.1 Å².